The van der Waals surface area contributed by atoms with Gasteiger partial charge in [0.25, 0.3) is 0 Å². The van der Waals surface area contributed by atoms with E-state index in [-0.39, 0.29) is 0 Å². The zero-order valence-corrected chi connectivity index (χ0v) is 8.43. The quantitative estimate of drug-likeness (QED) is 0.769. The van der Waals surface area contributed by atoms with Crippen LogP contribution in [0.2, 0.25) is 0 Å². The van der Waals surface area contributed by atoms with Crippen molar-refractivity contribution in [1.82, 2.24) is 25.3 Å². The van der Waals surface area contributed by atoms with E-state index in [1.54, 1.807) is 6.20 Å². The van der Waals surface area contributed by atoms with E-state index in [2.05, 4.69) is 20.6 Å². The van der Waals surface area contributed by atoms with Gasteiger partial charge in [0.1, 0.15) is 5.52 Å². The lowest BCUT2D eigenvalue weighted by Crippen LogP contribution is -2.15. The SMILES string of the molecule is c1cnc2c(c1)nnn2CC1CCNC1. The first-order chi connectivity index (χ1) is 7.43. The first-order valence-corrected chi connectivity index (χ1v) is 5.28. The highest BCUT2D eigenvalue weighted by Gasteiger charge is 2.16. The second-order valence-corrected chi connectivity index (χ2v) is 3.98. The average Bonchev–Trinajstić information content (AvgIpc) is 2.89. The minimum atomic E-state index is 0.664. The Kier molecular flexibility index (Phi) is 2.10. The zero-order chi connectivity index (χ0) is 10.1. The highest BCUT2D eigenvalue weighted by molar-refractivity contribution is 5.68. The maximum Gasteiger partial charge on any atom is 0.178 e. The summed E-state index contributed by atoms with van der Waals surface area (Å²) in [5.74, 6) is 0.664. The molecule has 1 aliphatic rings. The molecule has 0 saturated carbocycles. The van der Waals surface area contributed by atoms with Crippen LogP contribution in [-0.2, 0) is 6.54 Å². The molecule has 2 aromatic heterocycles. The lowest BCUT2D eigenvalue weighted by Gasteiger charge is -2.07. The van der Waals surface area contributed by atoms with E-state index in [0.29, 0.717) is 5.92 Å². The van der Waals surface area contributed by atoms with Crippen molar-refractivity contribution in [3.8, 4) is 0 Å². The molecule has 1 aliphatic heterocycles. The molecule has 0 aromatic carbocycles. The number of fused-ring (bicyclic) bond motifs is 1. The molecule has 1 atom stereocenters. The molecule has 0 amide bonds. The maximum atomic E-state index is 4.30. The molecule has 15 heavy (non-hydrogen) atoms. The topological polar surface area (TPSA) is 55.6 Å². The van der Waals surface area contributed by atoms with Crippen LogP contribution < -0.4 is 5.32 Å². The summed E-state index contributed by atoms with van der Waals surface area (Å²) < 4.78 is 1.91. The molecular weight excluding hydrogens is 190 g/mol. The predicted octanol–water partition coefficient (Wildman–Crippen LogP) is 0.436. The van der Waals surface area contributed by atoms with Crippen molar-refractivity contribution in [2.75, 3.05) is 13.1 Å². The van der Waals surface area contributed by atoms with Crippen molar-refractivity contribution in [3.05, 3.63) is 18.3 Å². The summed E-state index contributed by atoms with van der Waals surface area (Å²) in [7, 11) is 0. The normalized spacial score (nSPS) is 21.2. The highest BCUT2D eigenvalue weighted by atomic mass is 15.4. The van der Waals surface area contributed by atoms with Gasteiger partial charge in [-0.05, 0) is 37.6 Å². The minimum Gasteiger partial charge on any atom is -0.316 e. The summed E-state index contributed by atoms with van der Waals surface area (Å²) in [5.41, 5.74) is 1.77. The minimum absolute atomic E-state index is 0.664. The molecule has 78 valence electrons. The number of nitrogens with zero attached hydrogens (tertiary/aromatic N) is 4. The zero-order valence-electron chi connectivity index (χ0n) is 8.43. The van der Waals surface area contributed by atoms with Crippen LogP contribution in [0.25, 0.3) is 11.2 Å². The van der Waals surface area contributed by atoms with E-state index in [1.807, 2.05) is 16.8 Å². The highest BCUT2D eigenvalue weighted by Crippen LogP contribution is 2.13. The standard InChI is InChI=1S/C10H13N5/c1-2-9-10(12-4-1)15(14-13-9)7-8-3-5-11-6-8/h1-2,4,8,11H,3,5-7H2. The van der Waals surface area contributed by atoms with Crippen molar-refractivity contribution >= 4 is 11.2 Å². The molecule has 0 spiro atoms. The molecule has 5 nitrogen and oxygen atoms in total. The fourth-order valence-electron chi connectivity index (χ4n) is 2.05. The smallest absolute Gasteiger partial charge is 0.178 e. The fraction of sp³-hybridized carbons (Fsp3) is 0.500. The molecule has 0 bridgehead atoms. The molecule has 3 heterocycles. The van der Waals surface area contributed by atoms with Crippen LogP contribution in [0.4, 0.5) is 0 Å². The van der Waals surface area contributed by atoms with E-state index in [0.717, 1.165) is 30.8 Å². The van der Waals surface area contributed by atoms with E-state index in [1.165, 1.54) is 6.42 Å². The van der Waals surface area contributed by atoms with E-state index < -0.39 is 0 Å². The van der Waals surface area contributed by atoms with Gasteiger partial charge in [0.15, 0.2) is 5.65 Å². The number of aromatic nitrogens is 4. The average molecular weight is 203 g/mol. The van der Waals surface area contributed by atoms with Crippen LogP contribution in [0.1, 0.15) is 6.42 Å². The van der Waals surface area contributed by atoms with Crippen LogP contribution in [0.3, 0.4) is 0 Å². The Morgan fingerprint density at radius 2 is 2.53 bits per heavy atom. The summed E-state index contributed by atoms with van der Waals surface area (Å²) in [6.45, 7) is 3.11. The first kappa shape index (κ1) is 8.79. The monoisotopic (exact) mass is 203 g/mol. The van der Waals surface area contributed by atoms with Crippen LogP contribution in [-0.4, -0.2) is 33.1 Å². The number of hydrogen-bond acceptors (Lipinski definition) is 4. The van der Waals surface area contributed by atoms with Crippen molar-refractivity contribution in [2.45, 2.75) is 13.0 Å². The van der Waals surface area contributed by atoms with Gasteiger partial charge < -0.3 is 5.32 Å². The Morgan fingerprint density at radius 1 is 1.53 bits per heavy atom. The van der Waals surface area contributed by atoms with Crippen molar-refractivity contribution in [2.24, 2.45) is 5.92 Å². The Bertz CT molecular complexity index is 458. The summed E-state index contributed by atoms with van der Waals surface area (Å²) in [6, 6.07) is 3.83. The Hall–Kier alpha value is -1.49. The van der Waals surface area contributed by atoms with Gasteiger partial charge in [-0.1, -0.05) is 5.21 Å². The van der Waals surface area contributed by atoms with Gasteiger partial charge in [0, 0.05) is 12.7 Å². The van der Waals surface area contributed by atoms with Crippen LogP contribution in [0, 0.1) is 5.92 Å². The number of pyridine rings is 1. The number of nitrogens with one attached hydrogen (secondary N) is 1. The van der Waals surface area contributed by atoms with Gasteiger partial charge in [0.2, 0.25) is 0 Å². The molecule has 1 unspecified atom stereocenters. The van der Waals surface area contributed by atoms with Gasteiger partial charge in [-0.25, -0.2) is 9.67 Å². The van der Waals surface area contributed by atoms with E-state index >= 15 is 0 Å². The molecule has 5 heteroatoms. The van der Waals surface area contributed by atoms with Gasteiger partial charge in [-0.15, -0.1) is 5.10 Å². The second-order valence-electron chi connectivity index (χ2n) is 3.98. The van der Waals surface area contributed by atoms with Gasteiger partial charge >= 0.3 is 0 Å². The summed E-state index contributed by atoms with van der Waals surface area (Å²) in [5, 5.41) is 11.6. The van der Waals surface area contributed by atoms with Gasteiger partial charge in [-0.2, -0.15) is 0 Å². The maximum absolute atomic E-state index is 4.30. The summed E-state index contributed by atoms with van der Waals surface area (Å²) in [6.07, 6.45) is 3.00. The van der Waals surface area contributed by atoms with E-state index in [4.69, 9.17) is 0 Å². The molecular formula is C10H13N5. The first-order valence-electron chi connectivity index (χ1n) is 5.28. The number of hydrogen-bond donors (Lipinski definition) is 1. The molecule has 2 aromatic rings. The van der Waals surface area contributed by atoms with Crippen molar-refractivity contribution in [1.29, 1.82) is 0 Å². The molecule has 1 N–H and O–H groups in total. The summed E-state index contributed by atoms with van der Waals surface area (Å²) in [4.78, 5) is 4.30. The Labute approximate surface area is 87.5 Å². The van der Waals surface area contributed by atoms with Gasteiger partial charge in [0.05, 0.1) is 0 Å². The fourth-order valence-corrected chi connectivity index (χ4v) is 2.05. The molecule has 0 radical (unpaired) electrons. The Morgan fingerprint density at radius 3 is 3.40 bits per heavy atom. The third-order valence-electron chi connectivity index (χ3n) is 2.86. The molecule has 1 saturated heterocycles. The molecule has 0 aliphatic carbocycles. The lowest BCUT2D eigenvalue weighted by molar-refractivity contribution is 0.448. The third kappa shape index (κ3) is 1.59. The lowest BCUT2D eigenvalue weighted by atomic mass is 10.1. The molecule has 1 fully saturated rings. The van der Waals surface area contributed by atoms with Gasteiger partial charge in [-0.3, -0.25) is 0 Å². The predicted molar refractivity (Wildman–Crippen MR) is 56.3 cm³/mol. The largest absolute Gasteiger partial charge is 0.316 e. The van der Waals surface area contributed by atoms with Crippen molar-refractivity contribution < 1.29 is 0 Å². The van der Waals surface area contributed by atoms with Crippen LogP contribution in [0.5, 0.6) is 0 Å². The van der Waals surface area contributed by atoms with Crippen molar-refractivity contribution in [3.63, 3.8) is 0 Å². The second kappa shape index (κ2) is 3.58. The summed E-state index contributed by atoms with van der Waals surface area (Å²) >= 11 is 0. The molecule has 3 rings (SSSR count). The number of rotatable bonds is 2. The van der Waals surface area contributed by atoms with Crippen LogP contribution in [0.15, 0.2) is 18.3 Å². The van der Waals surface area contributed by atoms with E-state index in [9.17, 15) is 0 Å². The Balaban J connectivity index is 1.90. The third-order valence-corrected chi connectivity index (χ3v) is 2.86. The van der Waals surface area contributed by atoms with Crippen LogP contribution >= 0.6 is 0 Å².